The van der Waals surface area contributed by atoms with Crippen molar-refractivity contribution in [2.24, 2.45) is 0 Å². The van der Waals surface area contributed by atoms with Gasteiger partial charge in [-0.05, 0) is 48.4 Å². The van der Waals surface area contributed by atoms with Crippen molar-refractivity contribution in [3.8, 4) is 0 Å². The van der Waals surface area contributed by atoms with Crippen LogP contribution in [0, 0.1) is 0 Å². The SMILES string of the molecule is CN(C)c1ccc(NC(=O)CCc2ccc3oc(=O)[nH]c3c2)cc1. The van der Waals surface area contributed by atoms with Crippen molar-refractivity contribution in [1.29, 1.82) is 0 Å². The lowest BCUT2D eigenvalue weighted by molar-refractivity contribution is -0.116. The fraction of sp³-hybridized carbons (Fsp3) is 0.222. The Morgan fingerprint density at radius 1 is 1.17 bits per heavy atom. The van der Waals surface area contributed by atoms with Crippen molar-refractivity contribution in [3.05, 3.63) is 58.6 Å². The zero-order chi connectivity index (χ0) is 17.1. The van der Waals surface area contributed by atoms with E-state index in [2.05, 4.69) is 10.3 Å². The second kappa shape index (κ2) is 6.62. The van der Waals surface area contributed by atoms with Gasteiger partial charge in [-0.15, -0.1) is 0 Å². The summed E-state index contributed by atoms with van der Waals surface area (Å²) in [6.07, 6.45) is 0.952. The molecule has 0 atom stereocenters. The molecule has 0 fully saturated rings. The normalized spacial score (nSPS) is 10.8. The Bertz CT molecular complexity index is 907. The minimum absolute atomic E-state index is 0.0478. The van der Waals surface area contributed by atoms with Crippen molar-refractivity contribution >= 4 is 28.4 Å². The molecule has 0 saturated carbocycles. The van der Waals surface area contributed by atoms with Gasteiger partial charge in [0, 0.05) is 31.9 Å². The molecule has 1 heterocycles. The number of carbonyl (C=O) groups is 1. The average Bonchev–Trinajstić information content (AvgIpc) is 2.92. The number of benzene rings is 2. The molecule has 0 unspecified atom stereocenters. The fourth-order valence-corrected chi connectivity index (χ4v) is 2.48. The van der Waals surface area contributed by atoms with Crippen molar-refractivity contribution < 1.29 is 9.21 Å². The van der Waals surface area contributed by atoms with Gasteiger partial charge < -0.3 is 14.6 Å². The number of oxazole rings is 1. The number of aromatic amines is 1. The van der Waals surface area contributed by atoms with Gasteiger partial charge in [0.2, 0.25) is 5.91 Å². The molecule has 124 valence electrons. The molecule has 0 aliphatic heterocycles. The zero-order valence-electron chi connectivity index (χ0n) is 13.6. The number of hydrogen-bond acceptors (Lipinski definition) is 4. The van der Waals surface area contributed by atoms with Crippen LogP contribution in [0.15, 0.2) is 51.7 Å². The summed E-state index contributed by atoms with van der Waals surface area (Å²) in [4.78, 5) is 27.8. The van der Waals surface area contributed by atoms with Gasteiger partial charge in [0.25, 0.3) is 0 Å². The second-order valence-corrected chi connectivity index (χ2v) is 5.83. The first-order valence-corrected chi connectivity index (χ1v) is 7.70. The molecule has 0 aliphatic rings. The van der Waals surface area contributed by atoms with Crippen LogP contribution in [-0.2, 0) is 11.2 Å². The number of H-pyrrole nitrogens is 1. The molecule has 3 aromatic rings. The lowest BCUT2D eigenvalue weighted by Crippen LogP contribution is -2.13. The Labute approximate surface area is 139 Å². The summed E-state index contributed by atoms with van der Waals surface area (Å²) in [6, 6.07) is 13.1. The van der Waals surface area contributed by atoms with Crippen LogP contribution >= 0.6 is 0 Å². The summed E-state index contributed by atoms with van der Waals surface area (Å²) < 4.78 is 4.96. The van der Waals surface area contributed by atoms with Crippen LogP contribution in [-0.4, -0.2) is 25.0 Å². The third-order valence-corrected chi connectivity index (χ3v) is 3.79. The minimum Gasteiger partial charge on any atom is -0.408 e. The van der Waals surface area contributed by atoms with Gasteiger partial charge >= 0.3 is 5.76 Å². The van der Waals surface area contributed by atoms with Crippen LogP contribution in [0.5, 0.6) is 0 Å². The van der Waals surface area contributed by atoms with Gasteiger partial charge in [-0.1, -0.05) is 6.07 Å². The zero-order valence-corrected chi connectivity index (χ0v) is 13.6. The summed E-state index contributed by atoms with van der Waals surface area (Å²) in [5.41, 5.74) is 4.00. The molecule has 0 spiro atoms. The molecule has 0 bridgehead atoms. The molecule has 0 radical (unpaired) electrons. The van der Waals surface area contributed by atoms with Gasteiger partial charge in [-0.25, -0.2) is 4.79 Å². The maximum atomic E-state index is 12.1. The largest absolute Gasteiger partial charge is 0.417 e. The number of aryl methyl sites for hydroxylation is 1. The standard InChI is InChI=1S/C18H19N3O3/c1-21(2)14-7-5-13(6-8-14)19-17(22)10-4-12-3-9-16-15(11-12)20-18(23)24-16/h3,5-9,11H,4,10H2,1-2H3,(H,19,22)(H,20,23). The van der Waals surface area contributed by atoms with E-state index in [0.717, 1.165) is 16.9 Å². The van der Waals surface area contributed by atoms with E-state index >= 15 is 0 Å². The molecule has 1 aromatic heterocycles. The Hall–Kier alpha value is -3.02. The van der Waals surface area contributed by atoms with Gasteiger partial charge in [-0.3, -0.25) is 9.78 Å². The van der Waals surface area contributed by atoms with Gasteiger partial charge in [0.1, 0.15) is 0 Å². The molecule has 6 nitrogen and oxygen atoms in total. The first kappa shape index (κ1) is 15.9. The molecule has 2 N–H and O–H groups in total. The molecule has 0 aliphatic carbocycles. The topological polar surface area (TPSA) is 78.3 Å². The summed E-state index contributed by atoms with van der Waals surface area (Å²) in [6.45, 7) is 0. The number of nitrogens with zero attached hydrogens (tertiary/aromatic N) is 1. The molecule has 0 saturated heterocycles. The molecule has 2 aromatic carbocycles. The predicted octanol–water partition coefficient (Wildman–Crippen LogP) is 2.76. The lowest BCUT2D eigenvalue weighted by atomic mass is 10.1. The van der Waals surface area contributed by atoms with E-state index in [1.165, 1.54) is 0 Å². The van der Waals surface area contributed by atoms with Crippen LogP contribution in [0.1, 0.15) is 12.0 Å². The number of fused-ring (bicyclic) bond motifs is 1. The van der Waals surface area contributed by atoms with Crippen molar-refractivity contribution in [1.82, 2.24) is 4.98 Å². The lowest BCUT2D eigenvalue weighted by Gasteiger charge is -2.13. The molecule has 24 heavy (non-hydrogen) atoms. The highest BCUT2D eigenvalue weighted by molar-refractivity contribution is 5.91. The molecule has 1 amide bonds. The Kier molecular flexibility index (Phi) is 4.37. The molecule has 3 rings (SSSR count). The average molecular weight is 325 g/mol. The van der Waals surface area contributed by atoms with Gasteiger partial charge in [0.15, 0.2) is 5.58 Å². The van der Waals surface area contributed by atoms with Crippen LogP contribution in [0.2, 0.25) is 0 Å². The first-order chi connectivity index (χ1) is 11.5. The van der Waals surface area contributed by atoms with Crippen molar-refractivity contribution in [2.45, 2.75) is 12.8 Å². The molecule has 6 heteroatoms. The number of hydrogen-bond donors (Lipinski definition) is 2. The van der Waals surface area contributed by atoms with E-state index in [1.807, 2.05) is 55.4 Å². The van der Waals surface area contributed by atoms with Gasteiger partial charge in [0.05, 0.1) is 5.52 Å². The maximum absolute atomic E-state index is 12.1. The Morgan fingerprint density at radius 2 is 1.92 bits per heavy atom. The van der Waals surface area contributed by atoms with Crippen LogP contribution < -0.4 is 16.0 Å². The molecular formula is C18H19N3O3. The Morgan fingerprint density at radius 3 is 2.62 bits per heavy atom. The first-order valence-electron chi connectivity index (χ1n) is 7.70. The summed E-state index contributed by atoms with van der Waals surface area (Å²) in [7, 11) is 3.94. The van der Waals surface area contributed by atoms with Crippen LogP contribution in [0.4, 0.5) is 11.4 Å². The monoisotopic (exact) mass is 325 g/mol. The fourth-order valence-electron chi connectivity index (χ4n) is 2.48. The highest BCUT2D eigenvalue weighted by atomic mass is 16.4. The number of anilines is 2. The van der Waals surface area contributed by atoms with Gasteiger partial charge in [-0.2, -0.15) is 0 Å². The maximum Gasteiger partial charge on any atom is 0.417 e. The van der Waals surface area contributed by atoms with E-state index in [9.17, 15) is 9.59 Å². The van der Waals surface area contributed by atoms with Crippen molar-refractivity contribution in [2.75, 3.05) is 24.3 Å². The highest BCUT2D eigenvalue weighted by Gasteiger charge is 2.06. The van der Waals surface area contributed by atoms with E-state index in [-0.39, 0.29) is 5.91 Å². The summed E-state index contributed by atoms with van der Waals surface area (Å²) in [5.74, 6) is -0.519. The number of carbonyl (C=O) groups excluding carboxylic acids is 1. The van der Waals surface area contributed by atoms with E-state index in [0.29, 0.717) is 23.9 Å². The number of aromatic nitrogens is 1. The Balaban J connectivity index is 1.58. The smallest absolute Gasteiger partial charge is 0.408 e. The summed E-state index contributed by atoms with van der Waals surface area (Å²) >= 11 is 0. The summed E-state index contributed by atoms with van der Waals surface area (Å²) in [5, 5.41) is 2.89. The van der Waals surface area contributed by atoms with Crippen LogP contribution in [0.3, 0.4) is 0 Å². The predicted molar refractivity (Wildman–Crippen MR) is 94.6 cm³/mol. The van der Waals surface area contributed by atoms with E-state index in [1.54, 1.807) is 6.07 Å². The minimum atomic E-state index is -0.471. The van der Waals surface area contributed by atoms with Crippen molar-refractivity contribution in [3.63, 3.8) is 0 Å². The van der Waals surface area contributed by atoms with Crippen LogP contribution in [0.25, 0.3) is 11.1 Å². The number of rotatable bonds is 5. The third kappa shape index (κ3) is 3.65. The van der Waals surface area contributed by atoms with E-state index in [4.69, 9.17) is 4.42 Å². The van der Waals surface area contributed by atoms with E-state index < -0.39 is 5.76 Å². The second-order valence-electron chi connectivity index (χ2n) is 5.83. The quantitative estimate of drug-likeness (QED) is 0.756. The highest BCUT2D eigenvalue weighted by Crippen LogP contribution is 2.17. The number of amides is 1. The molecular weight excluding hydrogens is 306 g/mol. The third-order valence-electron chi connectivity index (χ3n) is 3.79. The number of nitrogens with one attached hydrogen (secondary N) is 2.